The van der Waals surface area contributed by atoms with Gasteiger partial charge in [0, 0.05) is 12.5 Å². The van der Waals surface area contributed by atoms with Gasteiger partial charge in [-0.25, -0.2) is 9.59 Å². The maximum absolute atomic E-state index is 12.0. The van der Waals surface area contributed by atoms with Crippen molar-refractivity contribution in [2.45, 2.75) is 25.5 Å². The Hall–Kier alpha value is -2.48. The molecule has 1 fully saturated rings. The Balaban J connectivity index is 1.91. The summed E-state index contributed by atoms with van der Waals surface area (Å²) in [6.07, 6.45) is 1.04. The third-order valence-corrected chi connectivity index (χ3v) is 3.04. The molecule has 0 aliphatic carbocycles. The number of amides is 1. The predicted molar refractivity (Wildman–Crippen MR) is 71.8 cm³/mol. The molecule has 1 heterocycles. The maximum Gasteiger partial charge on any atom is 0.411 e. The van der Waals surface area contributed by atoms with Gasteiger partial charge in [0.15, 0.2) is 0 Å². The minimum atomic E-state index is -1.19. The normalized spacial score (nSPS) is 17.2. The minimum Gasteiger partial charge on any atom is -0.472 e. The lowest BCUT2D eigenvalue weighted by Crippen LogP contribution is -2.35. The van der Waals surface area contributed by atoms with Crippen LogP contribution in [0.1, 0.15) is 18.4 Å². The van der Waals surface area contributed by atoms with Crippen LogP contribution in [0.25, 0.3) is 0 Å². The first-order chi connectivity index (χ1) is 9.66. The van der Waals surface area contributed by atoms with Crippen molar-refractivity contribution in [3.8, 4) is 11.8 Å². The summed E-state index contributed by atoms with van der Waals surface area (Å²) in [6, 6.07) is 9.02. The van der Waals surface area contributed by atoms with Gasteiger partial charge >= 0.3 is 12.1 Å². The summed E-state index contributed by atoms with van der Waals surface area (Å²) in [5, 5.41) is 8.54. The van der Waals surface area contributed by atoms with E-state index in [1.807, 2.05) is 30.3 Å². The van der Waals surface area contributed by atoms with Gasteiger partial charge in [-0.15, -0.1) is 0 Å². The van der Waals surface area contributed by atoms with Gasteiger partial charge in [0.25, 0.3) is 0 Å². The lowest BCUT2D eigenvalue weighted by molar-refractivity contribution is -0.130. The van der Waals surface area contributed by atoms with Crippen LogP contribution < -0.4 is 0 Å². The van der Waals surface area contributed by atoms with E-state index >= 15 is 0 Å². The summed E-state index contributed by atoms with van der Waals surface area (Å²) in [6.45, 7) is 0.752. The molecular weight excluding hydrogens is 258 g/mol. The van der Waals surface area contributed by atoms with Gasteiger partial charge in [-0.1, -0.05) is 36.3 Å². The number of likely N-dealkylation sites (tertiary alicyclic amines) is 1. The second-order valence-corrected chi connectivity index (χ2v) is 4.47. The Kier molecular flexibility index (Phi) is 4.61. The zero-order chi connectivity index (χ0) is 14.4. The molecule has 1 aromatic rings. The Bertz CT molecular complexity index is 544. The molecule has 104 valence electrons. The molecule has 0 spiro atoms. The largest absolute Gasteiger partial charge is 0.472 e. The van der Waals surface area contributed by atoms with Crippen molar-refractivity contribution in [1.29, 1.82) is 0 Å². The van der Waals surface area contributed by atoms with Crippen molar-refractivity contribution < 1.29 is 19.4 Å². The second kappa shape index (κ2) is 6.62. The maximum atomic E-state index is 12.0. The molecule has 1 aliphatic heterocycles. The van der Waals surface area contributed by atoms with E-state index in [2.05, 4.69) is 11.8 Å². The summed E-state index contributed by atoms with van der Waals surface area (Å²) >= 11 is 0. The number of carbonyl (C=O) groups excluding carboxylic acids is 1. The number of hydrogen-bond acceptors (Lipinski definition) is 3. The van der Waals surface area contributed by atoms with E-state index in [1.165, 1.54) is 4.90 Å². The van der Waals surface area contributed by atoms with Crippen LogP contribution in [-0.2, 0) is 16.1 Å². The molecule has 0 saturated carbocycles. The highest BCUT2D eigenvalue weighted by Gasteiger charge is 2.28. The highest BCUT2D eigenvalue weighted by atomic mass is 16.6. The van der Waals surface area contributed by atoms with Crippen LogP contribution >= 0.6 is 0 Å². The van der Waals surface area contributed by atoms with Crippen LogP contribution in [0.15, 0.2) is 30.3 Å². The molecule has 1 aliphatic rings. The first kappa shape index (κ1) is 13.9. The highest BCUT2D eigenvalue weighted by Crippen LogP contribution is 2.18. The molecule has 1 amide bonds. The summed E-state index contributed by atoms with van der Waals surface area (Å²) in [5.41, 5.74) is 0.910. The Morgan fingerprint density at radius 2 is 2.10 bits per heavy atom. The summed E-state index contributed by atoms with van der Waals surface area (Å²) in [5.74, 6) is 3.46. The standard InChI is InChI=1S/C15H15NO4/c17-14(18)9-8-13-7-4-10-16(13)15(19)20-11-12-5-2-1-3-6-12/h1-3,5-6,13H,4,7,10-11H2,(H,17,18). The summed E-state index contributed by atoms with van der Waals surface area (Å²) in [4.78, 5) is 23.9. The van der Waals surface area contributed by atoms with Gasteiger partial charge in [0.2, 0.25) is 0 Å². The molecule has 1 aromatic carbocycles. The highest BCUT2D eigenvalue weighted by molar-refractivity contribution is 5.86. The third-order valence-electron chi connectivity index (χ3n) is 3.04. The molecule has 0 bridgehead atoms. The van der Waals surface area contributed by atoms with E-state index < -0.39 is 12.1 Å². The number of rotatable bonds is 2. The number of ether oxygens (including phenoxy) is 1. The van der Waals surface area contributed by atoms with Gasteiger partial charge in [0.05, 0.1) is 6.04 Å². The SMILES string of the molecule is O=C(O)C#CC1CCCN1C(=O)OCc1ccccc1. The fourth-order valence-corrected chi connectivity index (χ4v) is 2.08. The number of nitrogens with zero attached hydrogens (tertiary/aromatic N) is 1. The van der Waals surface area contributed by atoms with Crippen molar-refractivity contribution in [3.63, 3.8) is 0 Å². The van der Waals surface area contributed by atoms with E-state index in [9.17, 15) is 9.59 Å². The number of carbonyl (C=O) groups is 2. The third kappa shape index (κ3) is 3.75. The first-order valence-corrected chi connectivity index (χ1v) is 6.38. The smallest absolute Gasteiger partial charge is 0.411 e. The number of hydrogen-bond donors (Lipinski definition) is 1. The van der Waals surface area contributed by atoms with E-state index in [-0.39, 0.29) is 12.6 Å². The van der Waals surface area contributed by atoms with Crippen LogP contribution in [0.5, 0.6) is 0 Å². The molecule has 0 radical (unpaired) electrons. The topological polar surface area (TPSA) is 66.8 Å². The van der Waals surface area contributed by atoms with E-state index in [4.69, 9.17) is 9.84 Å². The van der Waals surface area contributed by atoms with Crippen LogP contribution in [0.2, 0.25) is 0 Å². The van der Waals surface area contributed by atoms with Crippen molar-refractivity contribution in [1.82, 2.24) is 4.90 Å². The lowest BCUT2D eigenvalue weighted by Gasteiger charge is -2.20. The average molecular weight is 273 g/mol. The van der Waals surface area contributed by atoms with E-state index in [1.54, 1.807) is 0 Å². The molecule has 1 unspecified atom stereocenters. The lowest BCUT2D eigenvalue weighted by atomic mass is 10.2. The van der Waals surface area contributed by atoms with Crippen LogP contribution in [0.3, 0.4) is 0 Å². The molecule has 5 heteroatoms. The van der Waals surface area contributed by atoms with Gasteiger partial charge in [-0.05, 0) is 18.4 Å². The summed E-state index contributed by atoms with van der Waals surface area (Å²) in [7, 11) is 0. The van der Waals surface area contributed by atoms with Crippen LogP contribution in [0, 0.1) is 11.8 Å². The number of aliphatic carboxylic acids is 1. The molecule has 1 N–H and O–H groups in total. The van der Waals surface area contributed by atoms with Gasteiger partial charge in [-0.2, -0.15) is 0 Å². The zero-order valence-corrected chi connectivity index (χ0v) is 10.9. The Morgan fingerprint density at radius 3 is 2.80 bits per heavy atom. The summed E-state index contributed by atoms with van der Waals surface area (Å²) < 4.78 is 5.22. The average Bonchev–Trinajstić information content (AvgIpc) is 2.92. The predicted octanol–water partition coefficient (Wildman–Crippen LogP) is 1.88. The monoisotopic (exact) mass is 273 g/mol. The first-order valence-electron chi connectivity index (χ1n) is 6.38. The number of benzene rings is 1. The number of carboxylic acids is 1. The quantitative estimate of drug-likeness (QED) is 0.835. The molecule has 5 nitrogen and oxygen atoms in total. The zero-order valence-electron chi connectivity index (χ0n) is 10.9. The molecular formula is C15H15NO4. The van der Waals surface area contributed by atoms with E-state index in [0.717, 1.165) is 12.0 Å². The molecule has 1 atom stereocenters. The Morgan fingerprint density at radius 1 is 1.35 bits per heavy atom. The number of carboxylic acid groups (broad SMARTS) is 1. The van der Waals surface area contributed by atoms with Crippen molar-refractivity contribution >= 4 is 12.1 Å². The van der Waals surface area contributed by atoms with Crippen LogP contribution in [0.4, 0.5) is 4.79 Å². The molecule has 0 aromatic heterocycles. The van der Waals surface area contributed by atoms with Crippen molar-refractivity contribution in [2.24, 2.45) is 0 Å². The Labute approximate surface area is 117 Å². The fraction of sp³-hybridized carbons (Fsp3) is 0.333. The minimum absolute atomic E-state index is 0.204. The van der Waals surface area contributed by atoms with Crippen molar-refractivity contribution in [3.05, 3.63) is 35.9 Å². The van der Waals surface area contributed by atoms with Gasteiger partial charge < -0.3 is 9.84 Å². The van der Waals surface area contributed by atoms with Crippen LogP contribution in [-0.4, -0.2) is 34.7 Å². The van der Waals surface area contributed by atoms with Gasteiger partial charge in [0.1, 0.15) is 6.61 Å². The van der Waals surface area contributed by atoms with E-state index in [0.29, 0.717) is 13.0 Å². The molecule has 20 heavy (non-hydrogen) atoms. The molecule has 2 rings (SSSR count). The van der Waals surface area contributed by atoms with Gasteiger partial charge in [-0.3, -0.25) is 4.90 Å². The molecule has 1 saturated heterocycles. The fourth-order valence-electron chi connectivity index (χ4n) is 2.08. The second-order valence-electron chi connectivity index (χ2n) is 4.47. The van der Waals surface area contributed by atoms with Crippen molar-refractivity contribution in [2.75, 3.05) is 6.54 Å².